The number of anilines is 1. The Morgan fingerprint density at radius 1 is 1.18 bits per heavy atom. The van der Waals surface area contributed by atoms with E-state index in [9.17, 15) is 12.8 Å². The van der Waals surface area contributed by atoms with Gasteiger partial charge in [0.15, 0.2) is 0 Å². The van der Waals surface area contributed by atoms with Crippen molar-refractivity contribution in [3.05, 3.63) is 47.4 Å². The van der Waals surface area contributed by atoms with Crippen LogP contribution in [0, 0.1) is 5.82 Å². The summed E-state index contributed by atoms with van der Waals surface area (Å²) in [4.78, 5) is 6.30. The SMILES string of the molecule is CCc1nc(-c2csc(S(=O)(=O)N3CCN(c4ccc(F)cc4)CC3)c2)no1. The summed E-state index contributed by atoms with van der Waals surface area (Å²) in [5.74, 6) is 0.629. The maximum atomic E-state index is 13.1. The number of thiophene rings is 1. The molecule has 0 atom stereocenters. The van der Waals surface area contributed by atoms with Crippen molar-refractivity contribution in [2.75, 3.05) is 31.1 Å². The quantitative estimate of drug-likeness (QED) is 0.629. The van der Waals surface area contributed by atoms with Crippen molar-refractivity contribution in [2.24, 2.45) is 0 Å². The summed E-state index contributed by atoms with van der Waals surface area (Å²) in [7, 11) is -3.58. The predicted molar refractivity (Wildman–Crippen MR) is 104 cm³/mol. The van der Waals surface area contributed by atoms with Crippen LogP contribution in [0.25, 0.3) is 11.4 Å². The standard InChI is InChI=1S/C18H19FN4O3S2/c1-2-16-20-18(21-26-16)13-11-17(27-12-13)28(24,25)23-9-7-22(8-10-23)15-5-3-14(19)4-6-15/h3-6,11-12H,2,7-10H2,1H3. The smallest absolute Gasteiger partial charge is 0.252 e. The van der Waals surface area contributed by atoms with Crippen LogP contribution in [-0.4, -0.2) is 49.0 Å². The van der Waals surface area contributed by atoms with Crippen LogP contribution < -0.4 is 4.90 Å². The van der Waals surface area contributed by atoms with Gasteiger partial charge in [0, 0.05) is 49.2 Å². The molecule has 0 bridgehead atoms. The zero-order valence-electron chi connectivity index (χ0n) is 15.2. The number of rotatable bonds is 5. The monoisotopic (exact) mass is 422 g/mol. The molecule has 0 N–H and O–H groups in total. The Labute approximate surface area is 166 Å². The van der Waals surface area contributed by atoms with E-state index in [1.165, 1.54) is 16.4 Å². The number of hydrogen-bond donors (Lipinski definition) is 0. The number of nitrogens with zero attached hydrogens (tertiary/aromatic N) is 4. The minimum Gasteiger partial charge on any atom is -0.369 e. The Morgan fingerprint density at radius 3 is 2.54 bits per heavy atom. The van der Waals surface area contributed by atoms with Crippen LogP contribution in [0.5, 0.6) is 0 Å². The predicted octanol–water partition coefficient (Wildman–Crippen LogP) is 3.01. The summed E-state index contributed by atoms with van der Waals surface area (Å²) in [6.45, 7) is 3.75. The first kappa shape index (κ1) is 19.0. The largest absolute Gasteiger partial charge is 0.369 e. The van der Waals surface area contributed by atoms with Crippen LogP contribution >= 0.6 is 11.3 Å². The lowest BCUT2D eigenvalue weighted by molar-refractivity contribution is 0.382. The van der Waals surface area contributed by atoms with Crippen molar-refractivity contribution in [3.8, 4) is 11.4 Å². The Bertz CT molecular complexity index is 1050. The second kappa shape index (κ2) is 7.61. The third kappa shape index (κ3) is 3.67. The van der Waals surface area contributed by atoms with Gasteiger partial charge < -0.3 is 9.42 Å². The molecule has 0 radical (unpaired) electrons. The first-order chi connectivity index (χ1) is 13.5. The van der Waals surface area contributed by atoms with Crippen molar-refractivity contribution >= 4 is 27.0 Å². The summed E-state index contributed by atoms with van der Waals surface area (Å²) in [5.41, 5.74) is 1.53. The lowest BCUT2D eigenvalue weighted by Gasteiger charge is -2.35. The topological polar surface area (TPSA) is 79.5 Å². The van der Waals surface area contributed by atoms with Crippen LogP contribution in [0.4, 0.5) is 10.1 Å². The highest BCUT2D eigenvalue weighted by atomic mass is 32.2. The van der Waals surface area contributed by atoms with Gasteiger partial charge in [0.25, 0.3) is 10.0 Å². The van der Waals surface area contributed by atoms with E-state index in [1.807, 2.05) is 6.92 Å². The van der Waals surface area contributed by atoms with Crippen molar-refractivity contribution in [1.29, 1.82) is 0 Å². The van der Waals surface area contributed by atoms with E-state index < -0.39 is 10.0 Å². The fraction of sp³-hybridized carbons (Fsp3) is 0.333. The molecule has 3 heterocycles. The third-order valence-electron chi connectivity index (χ3n) is 4.63. The van der Waals surface area contributed by atoms with Crippen molar-refractivity contribution in [2.45, 2.75) is 17.6 Å². The van der Waals surface area contributed by atoms with Gasteiger partial charge in [-0.15, -0.1) is 11.3 Å². The zero-order valence-corrected chi connectivity index (χ0v) is 16.8. The lowest BCUT2D eigenvalue weighted by atomic mass is 10.2. The van der Waals surface area contributed by atoms with E-state index in [1.54, 1.807) is 23.6 Å². The second-order valence-electron chi connectivity index (χ2n) is 6.39. The summed E-state index contributed by atoms with van der Waals surface area (Å²) < 4.78 is 45.9. The van der Waals surface area contributed by atoms with Gasteiger partial charge in [0.05, 0.1) is 0 Å². The molecule has 1 saturated heterocycles. The summed E-state index contributed by atoms with van der Waals surface area (Å²) >= 11 is 1.15. The molecule has 0 unspecified atom stereocenters. The van der Waals surface area contributed by atoms with Gasteiger partial charge in [0.1, 0.15) is 10.0 Å². The van der Waals surface area contributed by atoms with Crippen molar-refractivity contribution < 1.29 is 17.3 Å². The Balaban J connectivity index is 1.46. The summed E-state index contributed by atoms with van der Waals surface area (Å²) in [6, 6.07) is 7.83. The van der Waals surface area contributed by atoms with Gasteiger partial charge in [-0.1, -0.05) is 12.1 Å². The normalized spacial score (nSPS) is 15.9. The van der Waals surface area contributed by atoms with Gasteiger partial charge in [-0.05, 0) is 30.3 Å². The van der Waals surface area contributed by atoms with Gasteiger partial charge >= 0.3 is 0 Å². The number of sulfonamides is 1. The van der Waals surface area contributed by atoms with Crippen LogP contribution in [0.1, 0.15) is 12.8 Å². The van der Waals surface area contributed by atoms with Gasteiger partial charge in [-0.2, -0.15) is 9.29 Å². The number of aryl methyl sites for hydroxylation is 1. The molecule has 28 heavy (non-hydrogen) atoms. The molecule has 1 aromatic carbocycles. The minimum absolute atomic E-state index is 0.264. The van der Waals surface area contributed by atoms with E-state index >= 15 is 0 Å². The van der Waals surface area contributed by atoms with Crippen LogP contribution in [0.3, 0.4) is 0 Å². The number of benzene rings is 1. The van der Waals surface area contributed by atoms with Crippen molar-refractivity contribution in [3.63, 3.8) is 0 Å². The lowest BCUT2D eigenvalue weighted by Crippen LogP contribution is -2.48. The first-order valence-corrected chi connectivity index (χ1v) is 11.2. The van der Waals surface area contributed by atoms with Crippen LogP contribution in [-0.2, 0) is 16.4 Å². The molecule has 4 rings (SSSR count). The minimum atomic E-state index is -3.58. The first-order valence-electron chi connectivity index (χ1n) is 8.89. The summed E-state index contributed by atoms with van der Waals surface area (Å²) in [5, 5.41) is 5.62. The average Bonchev–Trinajstić information content (AvgIpc) is 3.38. The fourth-order valence-corrected chi connectivity index (χ4v) is 5.78. The average molecular weight is 423 g/mol. The Morgan fingerprint density at radius 2 is 1.89 bits per heavy atom. The Kier molecular flexibility index (Phi) is 5.17. The number of piperazine rings is 1. The molecular formula is C18H19FN4O3S2. The molecule has 0 aliphatic carbocycles. The van der Waals surface area contributed by atoms with E-state index in [0.717, 1.165) is 17.0 Å². The molecule has 0 saturated carbocycles. The number of halogens is 1. The van der Waals surface area contributed by atoms with Crippen molar-refractivity contribution in [1.82, 2.24) is 14.4 Å². The molecule has 148 valence electrons. The zero-order chi connectivity index (χ0) is 19.7. The maximum Gasteiger partial charge on any atom is 0.252 e. The maximum absolute atomic E-state index is 13.1. The molecule has 3 aromatic rings. The van der Waals surface area contributed by atoms with E-state index in [2.05, 4.69) is 15.0 Å². The molecule has 10 heteroatoms. The second-order valence-corrected chi connectivity index (χ2v) is 9.46. The van der Waals surface area contributed by atoms with Gasteiger partial charge in [0.2, 0.25) is 11.7 Å². The van der Waals surface area contributed by atoms with Crippen LogP contribution in [0.15, 0.2) is 44.4 Å². The highest BCUT2D eigenvalue weighted by Crippen LogP contribution is 2.30. The summed E-state index contributed by atoms with van der Waals surface area (Å²) in [6.07, 6.45) is 0.626. The van der Waals surface area contributed by atoms with E-state index in [4.69, 9.17) is 4.52 Å². The third-order valence-corrected chi connectivity index (χ3v) is 7.94. The van der Waals surface area contributed by atoms with E-state index in [0.29, 0.717) is 49.9 Å². The molecule has 1 aliphatic heterocycles. The van der Waals surface area contributed by atoms with Gasteiger partial charge in [-0.25, -0.2) is 12.8 Å². The molecule has 0 amide bonds. The molecule has 7 nitrogen and oxygen atoms in total. The molecular weight excluding hydrogens is 403 g/mol. The highest BCUT2D eigenvalue weighted by molar-refractivity contribution is 7.91. The Hall–Kier alpha value is -2.30. The number of hydrogen-bond acceptors (Lipinski definition) is 7. The molecule has 1 fully saturated rings. The van der Waals surface area contributed by atoms with Gasteiger partial charge in [-0.3, -0.25) is 0 Å². The highest BCUT2D eigenvalue weighted by Gasteiger charge is 2.30. The molecule has 1 aliphatic rings. The number of aromatic nitrogens is 2. The molecule has 2 aromatic heterocycles. The fourth-order valence-electron chi connectivity index (χ4n) is 3.05. The van der Waals surface area contributed by atoms with Crippen LogP contribution in [0.2, 0.25) is 0 Å². The molecule has 0 spiro atoms. The van der Waals surface area contributed by atoms with E-state index in [-0.39, 0.29) is 10.0 Å².